The van der Waals surface area contributed by atoms with E-state index in [2.05, 4.69) is 21.2 Å². The molecule has 1 N–H and O–H groups in total. The lowest BCUT2D eigenvalue weighted by atomic mass is 10.1. The zero-order valence-corrected chi connectivity index (χ0v) is 21.3. The van der Waals surface area contributed by atoms with Crippen molar-refractivity contribution in [1.82, 2.24) is 14.5 Å². The van der Waals surface area contributed by atoms with E-state index in [-0.39, 0.29) is 11.6 Å². The second-order valence-electron chi connectivity index (χ2n) is 8.30. The van der Waals surface area contributed by atoms with E-state index in [0.717, 1.165) is 21.3 Å². The molecule has 7 heteroatoms. The van der Waals surface area contributed by atoms with E-state index >= 15 is 0 Å². The normalized spacial score (nSPS) is 11.9. The summed E-state index contributed by atoms with van der Waals surface area (Å²) in [5.74, 6) is 0.514. The number of para-hydroxylation sites is 1. The Kier molecular flexibility index (Phi) is 6.84. The van der Waals surface area contributed by atoms with Gasteiger partial charge in [-0.2, -0.15) is 0 Å². The van der Waals surface area contributed by atoms with Gasteiger partial charge in [-0.3, -0.25) is 9.36 Å². The van der Waals surface area contributed by atoms with Crippen molar-refractivity contribution in [2.24, 2.45) is 0 Å². The minimum absolute atomic E-state index is 0.153. The molecule has 0 aliphatic heterocycles. The lowest BCUT2D eigenvalue weighted by molar-refractivity contribution is 0.193. The third kappa shape index (κ3) is 4.61. The van der Waals surface area contributed by atoms with Gasteiger partial charge in [0.2, 0.25) is 0 Å². The maximum Gasteiger partial charge on any atom is 0.322 e. The summed E-state index contributed by atoms with van der Waals surface area (Å²) in [4.78, 5) is 33.4. The Morgan fingerprint density at radius 1 is 1.06 bits per heavy atom. The highest BCUT2D eigenvalue weighted by molar-refractivity contribution is 9.10. The van der Waals surface area contributed by atoms with Crippen LogP contribution in [0.15, 0.2) is 76.0 Å². The van der Waals surface area contributed by atoms with Crippen molar-refractivity contribution in [2.75, 3.05) is 11.9 Å². The van der Waals surface area contributed by atoms with Crippen LogP contribution in [0.1, 0.15) is 36.8 Å². The van der Waals surface area contributed by atoms with E-state index in [9.17, 15) is 9.59 Å². The zero-order valence-electron chi connectivity index (χ0n) is 19.7. The number of nitrogens with zero attached hydrogens (tertiary/aromatic N) is 3. The lowest BCUT2D eigenvalue weighted by Gasteiger charge is -2.29. The predicted molar refractivity (Wildman–Crippen MR) is 141 cm³/mol. The van der Waals surface area contributed by atoms with E-state index < -0.39 is 6.04 Å². The first kappa shape index (κ1) is 23.7. The lowest BCUT2D eigenvalue weighted by Crippen LogP contribution is -2.39. The topological polar surface area (TPSA) is 67.2 Å². The quantitative estimate of drug-likeness (QED) is 0.333. The molecule has 0 aliphatic rings. The molecule has 0 spiro atoms. The van der Waals surface area contributed by atoms with Crippen LogP contribution in [0.5, 0.6) is 0 Å². The highest BCUT2D eigenvalue weighted by Crippen LogP contribution is 2.25. The number of halogens is 1. The van der Waals surface area contributed by atoms with Crippen LogP contribution in [0.4, 0.5) is 10.5 Å². The maximum absolute atomic E-state index is 13.7. The third-order valence-corrected chi connectivity index (χ3v) is 6.62. The van der Waals surface area contributed by atoms with Crippen molar-refractivity contribution in [3.8, 4) is 5.69 Å². The van der Waals surface area contributed by atoms with Gasteiger partial charge in [-0.15, -0.1) is 0 Å². The Bertz CT molecular complexity index is 1410. The summed E-state index contributed by atoms with van der Waals surface area (Å²) in [5, 5.41) is 3.49. The average Bonchev–Trinajstić information content (AvgIpc) is 2.83. The van der Waals surface area contributed by atoms with E-state index in [4.69, 9.17) is 4.98 Å². The molecule has 1 heterocycles. The Morgan fingerprint density at radius 3 is 2.44 bits per heavy atom. The summed E-state index contributed by atoms with van der Waals surface area (Å²) in [5.41, 5.74) is 4.11. The SMILES string of the molecule is CCN(C(=O)Nc1ccc(Br)cc1)C(C)c1nc2ccccc2c(=O)n1-c1ccc(C)c(C)c1. The van der Waals surface area contributed by atoms with Gasteiger partial charge in [-0.25, -0.2) is 9.78 Å². The molecule has 4 rings (SSSR count). The van der Waals surface area contributed by atoms with Gasteiger partial charge >= 0.3 is 6.03 Å². The number of anilines is 1. The Labute approximate surface area is 207 Å². The number of aryl methyl sites for hydroxylation is 2. The fourth-order valence-electron chi connectivity index (χ4n) is 4.01. The van der Waals surface area contributed by atoms with Crippen molar-refractivity contribution in [2.45, 2.75) is 33.7 Å². The van der Waals surface area contributed by atoms with E-state index in [1.165, 1.54) is 0 Å². The van der Waals surface area contributed by atoms with Gasteiger partial charge in [0.1, 0.15) is 5.82 Å². The van der Waals surface area contributed by atoms with Gasteiger partial charge in [0.25, 0.3) is 5.56 Å². The molecule has 1 unspecified atom stereocenters. The van der Waals surface area contributed by atoms with Crippen LogP contribution in [0.2, 0.25) is 0 Å². The van der Waals surface area contributed by atoms with Crippen LogP contribution in [0.3, 0.4) is 0 Å². The fourth-order valence-corrected chi connectivity index (χ4v) is 4.27. The molecule has 1 atom stereocenters. The molecule has 6 nitrogen and oxygen atoms in total. The smallest absolute Gasteiger partial charge is 0.315 e. The molecule has 0 saturated heterocycles. The molecular formula is C27H27BrN4O2. The van der Waals surface area contributed by atoms with Crippen LogP contribution in [0.25, 0.3) is 16.6 Å². The van der Waals surface area contributed by atoms with Gasteiger partial charge < -0.3 is 10.2 Å². The maximum atomic E-state index is 13.7. The molecule has 0 bridgehead atoms. The standard InChI is InChI=1S/C27H27BrN4O2/c1-5-31(27(34)29-21-13-11-20(28)12-14-21)19(4)25-30-24-9-7-6-8-23(24)26(33)32(25)22-15-10-17(2)18(3)16-22/h6-16,19H,5H2,1-4H3,(H,29,34). The molecule has 0 saturated carbocycles. The van der Waals surface area contributed by atoms with E-state index in [1.54, 1.807) is 15.5 Å². The third-order valence-electron chi connectivity index (χ3n) is 6.09. The van der Waals surface area contributed by atoms with Crippen LogP contribution in [-0.4, -0.2) is 27.0 Å². The van der Waals surface area contributed by atoms with Gasteiger partial charge in [-0.05, 0) is 87.4 Å². The number of urea groups is 1. The van der Waals surface area contributed by atoms with Crippen LogP contribution in [-0.2, 0) is 0 Å². The minimum Gasteiger partial charge on any atom is -0.315 e. The second-order valence-corrected chi connectivity index (χ2v) is 9.21. The van der Waals surface area contributed by atoms with Crippen molar-refractivity contribution in [1.29, 1.82) is 0 Å². The molecule has 2 amide bonds. The average molecular weight is 519 g/mol. The predicted octanol–water partition coefficient (Wildman–Crippen LogP) is 6.38. The van der Waals surface area contributed by atoms with Crippen LogP contribution in [0, 0.1) is 13.8 Å². The number of fused-ring (bicyclic) bond motifs is 1. The van der Waals surface area contributed by atoms with Crippen LogP contribution >= 0.6 is 15.9 Å². The van der Waals surface area contributed by atoms with Crippen molar-refractivity contribution in [3.63, 3.8) is 0 Å². The highest BCUT2D eigenvalue weighted by atomic mass is 79.9. The summed E-state index contributed by atoms with van der Waals surface area (Å²) in [7, 11) is 0. The van der Waals surface area contributed by atoms with Crippen molar-refractivity contribution < 1.29 is 4.79 Å². The molecule has 1 aromatic heterocycles. The summed E-state index contributed by atoms with van der Waals surface area (Å²) < 4.78 is 2.57. The molecule has 174 valence electrons. The number of nitrogens with one attached hydrogen (secondary N) is 1. The van der Waals surface area contributed by atoms with Gasteiger partial charge in [0.05, 0.1) is 22.6 Å². The molecule has 3 aromatic carbocycles. The second kappa shape index (κ2) is 9.81. The van der Waals surface area contributed by atoms with Crippen molar-refractivity contribution >= 4 is 38.6 Å². The van der Waals surface area contributed by atoms with Crippen LogP contribution < -0.4 is 10.9 Å². The van der Waals surface area contributed by atoms with Gasteiger partial charge in [0, 0.05) is 16.7 Å². The first-order valence-electron chi connectivity index (χ1n) is 11.2. The molecular weight excluding hydrogens is 492 g/mol. The monoisotopic (exact) mass is 518 g/mol. The molecule has 34 heavy (non-hydrogen) atoms. The summed E-state index contributed by atoms with van der Waals surface area (Å²) >= 11 is 3.41. The number of aromatic nitrogens is 2. The number of carbonyl (C=O) groups excluding carboxylic acids is 1. The van der Waals surface area contributed by atoms with Crippen molar-refractivity contribution in [3.05, 3.63) is 98.5 Å². The molecule has 0 radical (unpaired) electrons. The van der Waals surface area contributed by atoms with E-state index in [0.29, 0.717) is 29.0 Å². The first-order chi connectivity index (χ1) is 16.3. The first-order valence-corrected chi connectivity index (χ1v) is 12.0. The highest BCUT2D eigenvalue weighted by Gasteiger charge is 2.26. The molecule has 0 fully saturated rings. The summed E-state index contributed by atoms with van der Waals surface area (Å²) in [6, 6.07) is 19.9. The summed E-state index contributed by atoms with van der Waals surface area (Å²) in [6.07, 6.45) is 0. The van der Waals surface area contributed by atoms with Gasteiger partial charge in [-0.1, -0.05) is 34.1 Å². The number of amides is 2. The number of benzene rings is 3. The largest absolute Gasteiger partial charge is 0.322 e. The zero-order chi connectivity index (χ0) is 24.4. The Balaban J connectivity index is 1.82. The fraction of sp³-hybridized carbons (Fsp3) is 0.222. The van der Waals surface area contributed by atoms with Gasteiger partial charge in [0.15, 0.2) is 0 Å². The Morgan fingerprint density at radius 2 is 1.76 bits per heavy atom. The molecule has 4 aromatic rings. The number of rotatable bonds is 5. The number of hydrogen-bond donors (Lipinski definition) is 1. The number of carbonyl (C=O) groups is 1. The summed E-state index contributed by atoms with van der Waals surface area (Å²) in [6.45, 7) is 8.32. The minimum atomic E-state index is -0.459. The molecule has 0 aliphatic carbocycles. The Hall–Kier alpha value is -3.45. The number of hydrogen-bond acceptors (Lipinski definition) is 3. The van der Waals surface area contributed by atoms with E-state index in [1.807, 2.05) is 88.4 Å².